The van der Waals surface area contributed by atoms with Gasteiger partial charge in [0.1, 0.15) is 0 Å². The fourth-order valence-electron chi connectivity index (χ4n) is 3.19. The van der Waals surface area contributed by atoms with Crippen LogP contribution in [-0.4, -0.2) is 43.6 Å². The third-order valence-electron chi connectivity index (χ3n) is 4.37. The summed E-state index contributed by atoms with van der Waals surface area (Å²) in [5.74, 6) is 0.184. The van der Waals surface area contributed by atoms with Gasteiger partial charge < -0.3 is 15.0 Å². The third-order valence-corrected chi connectivity index (χ3v) is 4.37. The van der Waals surface area contributed by atoms with Crippen LogP contribution in [0.1, 0.15) is 34.3 Å². The van der Waals surface area contributed by atoms with Gasteiger partial charge in [0.2, 0.25) is 0 Å². The molecule has 20 heavy (non-hydrogen) atoms. The van der Waals surface area contributed by atoms with E-state index in [4.69, 9.17) is 4.74 Å². The highest BCUT2D eigenvalue weighted by Gasteiger charge is 2.26. The molecule has 1 atom stereocenters. The van der Waals surface area contributed by atoms with Gasteiger partial charge >= 0.3 is 0 Å². The molecular formula is C16H22N2O2. The van der Waals surface area contributed by atoms with Gasteiger partial charge in [-0.15, -0.1) is 0 Å². The van der Waals surface area contributed by atoms with Crippen molar-refractivity contribution in [1.29, 1.82) is 0 Å². The quantitative estimate of drug-likeness (QED) is 0.890. The molecule has 1 saturated heterocycles. The van der Waals surface area contributed by atoms with Crippen LogP contribution in [0.25, 0.3) is 0 Å². The Balaban J connectivity index is 1.83. The third kappa shape index (κ3) is 2.58. The summed E-state index contributed by atoms with van der Waals surface area (Å²) in [6, 6.07) is 6.43. The molecule has 1 N–H and O–H groups in total. The number of hydrogen-bond acceptors (Lipinski definition) is 3. The molecule has 0 radical (unpaired) electrons. The van der Waals surface area contributed by atoms with Gasteiger partial charge in [0.15, 0.2) is 0 Å². The molecule has 0 bridgehead atoms. The number of likely N-dealkylation sites (tertiary alicyclic amines) is 1. The van der Waals surface area contributed by atoms with E-state index in [0.717, 1.165) is 44.5 Å². The van der Waals surface area contributed by atoms with Crippen molar-refractivity contribution in [1.82, 2.24) is 10.2 Å². The molecule has 0 saturated carbocycles. The Kier molecular flexibility index (Phi) is 4.03. The minimum Gasteiger partial charge on any atom is -0.376 e. The molecule has 1 aromatic carbocycles. The molecule has 108 valence electrons. The predicted octanol–water partition coefficient (Wildman–Crippen LogP) is 1.58. The molecule has 4 heteroatoms. The zero-order chi connectivity index (χ0) is 13.9. The first-order valence-electron chi connectivity index (χ1n) is 7.44. The number of likely N-dealkylation sites (N-methyl/N-ethyl adjacent to an activating group) is 1. The van der Waals surface area contributed by atoms with Crippen molar-refractivity contribution in [2.24, 2.45) is 0 Å². The van der Waals surface area contributed by atoms with Crippen molar-refractivity contribution in [3.05, 3.63) is 34.9 Å². The molecule has 1 fully saturated rings. The van der Waals surface area contributed by atoms with Crippen molar-refractivity contribution in [2.75, 3.05) is 26.7 Å². The minimum absolute atomic E-state index is 0.184. The van der Waals surface area contributed by atoms with E-state index in [2.05, 4.69) is 11.4 Å². The van der Waals surface area contributed by atoms with E-state index < -0.39 is 0 Å². The summed E-state index contributed by atoms with van der Waals surface area (Å²) in [6.45, 7) is 3.04. The lowest BCUT2D eigenvalue weighted by Crippen LogP contribution is -2.47. The monoisotopic (exact) mass is 274 g/mol. The summed E-state index contributed by atoms with van der Waals surface area (Å²) >= 11 is 0. The zero-order valence-corrected chi connectivity index (χ0v) is 12.0. The Morgan fingerprint density at radius 1 is 1.45 bits per heavy atom. The first kappa shape index (κ1) is 13.6. The Bertz CT molecular complexity index is 501. The molecule has 1 amide bonds. The van der Waals surface area contributed by atoms with Crippen LogP contribution in [0.15, 0.2) is 18.2 Å². The zero-order valence-electron chi connectivity index (χ0n) is 12.0. The molecule has 1 aromatic rings. The van der Waals surface area contributed by atoms with E-state index in [0.29, 0.717) is 12.6 Å². The number of nitrogens with zero attached hydrogens (tertiary/aromatic N) is 1. The molecule has 4 nitrogen and oxygen atoms in total. The molecule has 2 heterocycles. The van der Waals surface area contributed by atoms with E-state index in [1.807, 2.05) is 24.1 Å². The highest BCUT2D eigenvalue weighted by molar-refractivity contribution is 5.96. The summed E-state index contributed by atoms with van der Waals surface area (Å²) in [5.41, 5.74) is 3.24. The number of carbonyl (C=O) groups excluding carboxylic acids is 1. The molecule has 3 rings (SSSR count). The van der Waals surface area contributed by atoms with Crippen LogP contribution in [0.2, 0.25) is 0 Å². The van der Waals surface area contributed by atoms with E-state index in [1.165, 1.54) is 11.1 Å². The molecule has 0 spiro atoms. The van der Waals surface area contributed by atoms with Gasteiger partial charge in [-0.25, -0.2) is 0 Å². The van der Waals surface area contributed by atoms with Crippen LogP contribution in [0.4, 0.5) is 0 Å². The van der Waals surface area contributed by atoms with Crippen LogP contribution >= 0.6 is 0 Å². The Morgan fingerprint density at radius 3 is 3.20 bits per heavy atom. The molecular weight excluding hydrogens is 252 g/mol. The second-order valence-electron chi connectivity index (χ2n) is 5.62. The van der Waals surface area contributed by atoms with Crippen molar-refractivity contribution >= 4 is 5.91 Å². The number of nitrogens with one attached hydrogen (secondary N) is 1. The molecule has 2 aliphatic heterocycles. The van der Waals surface area contributed by atoms with Crippen LogP contribution in [-0.2, 0) is 17.8 Å². The fourth-order valence-corrected chi connectivity index (χ4v) is 3.19. The SMILES string of the molecule is CNC1CCCN(C(=O)c2cccc3c2CCOC3)C1. The van der Waals surface area contributed by atoms with Gasteiger partial charge in [-0.05, 0) is 43.5 Å². The van der Waals surface area contributed by atoms with Gasteiger partial charge in [-0.3, -0.25) is 4.79 Å². The molecule has 1 unspecified atom stereocenters. The minimum atomic E-state index is 0.184. The van der Waals surface area contributed by atoms with E-state index in [9.17, 15) is 4.79 Å². The number of benzene rings is 1. The molecule has 0 aliphatic carbocycles. The Hall–Kier alpha value is -1.39. The van der Waals surface area contributed by atoms with Gasteiger partial charge in [-0.2, -0.15) is 0 Å². The van der Waals surface area contributed by atoms with Crippen LogP contribution in [0, 0.1) is 0 Å². The summed E-state index contributed by atoms with van der Waals surface area (Å²) in [6.07, 6.45) is 3.08. The number of amides is 1. The van der Waals surface area contributed by atoms with Crippen LogP contribution in [0.5, 0.6) is 0 Å². The lowest BCUT2D eigenvalue weighted by molar-refractivity contribution is 0.0692. The summed E-state index contributed by atoms with van der Waals surface area (Å²) < 4.78 is 5.48. The fraction of sp³-hybridized carbons (Fsp3) is 0.562. The number of rotatable bonds is 2. The maximum Gasteiger partial charge on any atom is 0.254 e. The van der Waals surface area contributed by atoms with E-state index in [1.54, 1.807) is 0 Å². The smallest absolute Gasteiger partial charge is 0.254 e. The van der Waals surface area contributed by atoms with Gasteiger partial charge in [0.25, 0.3) is 5.91 Å². The van der Waals surface area contributed by atoms with Crippen LogP contribution in [0.3, 0.4) is 0 Å². The van der Waals surface area contributed by atoms with Crippen molar-refractivity contribution in [2.45, 2.75) is 31.9 Å². The lowest BCUT2D eigenvalue weighted by Gasteiger charge is -2.33. The number of hydrogen-bond donors (Lipinski definition) is 1. The Labute approximate surface area is 120 Å². The van der Waals surface area contributed by atoms with Crippen molar-refractivity contribution in [3.63, 3.8) is 0 Å². The second-order valence-corrected chi connectivity index (χ2v) is 5.62. The second kappa shape index (κ2) is 5.94. The number of fused-ring (bicyclic) bond motifs is 1. The average molecular weight is 274 g/mol. The highest BCUT2D eigenvalue weighted by Crippen LogP contribution is 2.23. The normalized spacial score (nSPS) is 22.4. The van der Waals surface area contributed by atoms with Crippen molar-refractivity contribution < 1.29 is 9.53 Å². The predicted molar refractivity (Wildman–Crippen MR) is 77.8 cm³/mol. The number of carbonyl (C=O) groups is 1. The van der Waals surface area contributed by atoms with Gasteiger partial charge in [0, 0.05) is 24.7 Å². The first-order valence-corrected chi connectivity index (χ1v) is 7.44. The highest BCUT2D eigenvalue weighted by atomic mass is 16.5. The Morgan fingerprint density at radius 2 is 2.35 bits per heavy atom. The maximum absolute atomic E-state index is 12.8. The number of piperidine rings is 1. The van der Waals surface area contributed by atoms with E-state index >= 15 is 0 Å². The van der Waals surface area contributed by atoms with Gasteiger partial charge in [0.05, 0.1) is 13.2 Å². The molecule has 2 aliphatic rings. The largest absolute Gasteiger partial charge is 0.376 e. The van der Waals surface area contributed by atoms with Gasteiger partial charge in [-0.1, -0.05) is 12.1 Å². The number of ether oxygens (including phenoxy) is 1. The first-order chi connectivity index (χ1) is 9.79. The summed E-state index contributed by atoms with van der Waals surface area (Å²) in [5, 5.41) is 3.29. The van der Waals surface area contributed by atoms with Crippen LogP contribution < -0.4 is 5.32 Å². The maximum atomic E-state index is 12.8. The molecule has 0 aromatic heterocycles. The van der Waals surface area contributed by atoms with Crippen molar-refractivity contribution in [3.8, 4) is 0 Å². The standard InChI is InChI=1S/C16H22N2O2/c1-17-13-5-3-8-18(10-13)16(19)15-6-2-4-12-11-20-9-7-14(12)15/h2,4,6,13,17H,3,5,7-11H2,1H3. The lowest BCUT2D eigenvalue weighted by atomic mass is 9.95. The topological polar surface area (TPSA) is 41.6 Å². The summed E-state index contributed by atoms with van der Waals surface area (Å²) in [4.78, 5) is 14.8. The van der Waals surface area contributed by atoms with E-state index in [-0.39, 0.29) is 5.91 Å². The summed E-state index contributed by atoms with van der Waals surface area (Å²) in [7, 11) is 1.97. The average Bonchev–Trinajstić information content (AvgIpc) is 2.53.